The van der Waals surface area contributed by atoms with E-state index in [4.69, 9.17) is 0 Å². The van der Waals surface area contributed by atoms with Gasteiger partial charge in [-0.2, -0.15) is 0 Å². The third kappa shape index (κ3) is 1.12. The van der Waals surface area contributed by atoms with Gasteiger partial charge in [0.1, 0.15) is 0 Å². The fourth-order valence-electron chi connectivity index (χ4n) is 1.13. The maximum absolute atomic E-state index is 10.7. The van der Waals surface area contributed by atoms with Gasteiger partial charge in [0, 0.05) is 0 Å². The number of nitrogens with one attached hydrogen (secondary N) is 2. The lowest BCUT2D eigenvalue weighted by molar-refractivity contribution is 0.247. The second-order valence-corrected chi connectivity index (χ2v) is 2.39. The van der Waals surface area contributed by atoms with Crippen LogP contribution in [0.15, 0.2) is 12.7 Å². The Hall–Kier alpha value is -0.990. The van der Waals surface area contributed by atoms with Crippen LogP contribution in [-0.4, -0.2) is 18.1 Å². The highest BCUT2D eigenvalue weighted by Gasteiger charge is 2.26. The lowest BCUT2D eigenvalue weighted by atomic mass is 10.1. The van der Waals surface area contributed by atoms with Crippen LogP contribution >= 0.6 is 0 Å². The Balaban J connectivity index is 2.56. The first kappa shape index (κ1) is 7.12. The van der Waals surface area contributed by atoms with E-state index in [-0.39, 0.29) is 18.1 Å². The van der Waals surface area contributed by atoms with E-state index in [9.17, 15) is 4.79 Å². The average Bonchev–Trinajstić information content (AvgIpc) is 2.30. The van der Waals surface area contributed by atoms with Gasteiger partial charge in [-0.25, -0.2) is 4.79 Å². The Labute approximate surface area is 60.5 Å². The molecule has 10 heavy (non-hydrogen) atoms. The third-order valence-corrected chi connectivity index (χ3v) is 1.74. The van der Waals surface area contributed by atoms with Crippen molar-refractivity contribution in [1.29, 1.82) is 0 Å². The number of rotatable bonds is 2. The second-order valence-electron chi connectivity index (χ2n) is 2.39. The van der Waals surface area contributed by atoms with Gasteiger partial charge >= 0.3 is 6.03 Å². The maximum Gasteiger partial charge on any atom is 0.315 e. The van der Waals surface area contributed by atoms with Crippen LogP contribution in [0, 0.1) is 0 Å². The van der Waals surface area contributed by atoms with Gasteiger partial charge in [0.05, 0.1) is 12.1 Å². The summed E-state index contributed by atoms with van der Waals surface area (Å²) in [5.74, 6) is 0. The molecule has 0 aromatic rings. The third-order valence-electron chi connectivity index (χ3n) is 1.74. The summed E-state index contributed by atoms with van der Waals surface area (Å²) in [5, 5.41) is 5.52. The van der Waals surface area contributed by atoms with Crippen molar-refractivity contribution in [2.45, 2.75) is 25.4 Å². The summed E-state index contributed by atoms with van der Waals surface area (Å²) in [7, 11) is 0. The summed E-state index contributed by atoms with van der Waals surface area (Å²) in [4.78, 5) is 10.7. The molecular formula is C7H12N2O. The van der Waals surface area contributed by atoms with Gasteiger partial charge in [0.2, 0.25) is 0 Å². The van der Waals surface area contributed by atoms with E-state index in [0.29, 0.717) is 0 Å². The molecule has 56 valence electrons. The first-order valence-corrected chi connectivity index (χ1v) is 3.47. The van der Waals surface area contributed by atoms with E-state index in [2.05, 4.69) is 17.2 Å². The van der Waals surface area contributed by atoms with E-state index in [0.717, 1.165) is 6.42 Å². The zero-order chi connectivity index (χ0) is 7.56. The Morgan fingerprint density at radius 3 is 2.80 bits per heavy atom. The van der Waals surface area contributed by atoms with E-state index < -0.39 is 0 Å². The van der Waals surface area contributed by atoms with Crippen molar-refractivity contribution in [3.63, 3.8) is 0 Å². The standard InChI is InChI=1S/C7H12N2O/c1-3-5-6(4-2)9-7(10)8-5/h3,5-6H,1,4H2,2H3,(H2,8,9,10)/t5-,6-/m0/s1. The van der Waals surface area contributed by atoms with E-state index in [1.54, 1.807) is 6.08 Å². The molecule has 0 aromatic heterocycles. The van der Waals surface area contributed by atoms with Gasteiger partial charge in [-0.05, 0) is 6.42 Å². The number of carbonyl (C=O) groups is 1. The maximum atomic E-state index is 10.7. The first-order chi connectivity index (χ1) is 4.77. The fraction of sp³-hybridized carbons (Fsp3) is 0.571. The Morgan fingerprint density at radius 1 is 1.70 bits per heavy atom. The molecule has 2 amide bonds. The van der Waals surface area contributed by atoms with Crippen LogP contribution in [0.1, 0.15) is 13.3 Å². The number of carbonyl (C=O) groups excluding carboxylic acids is 1. The molecule has 0 saturated carbocycles. The minimum atomic E-state index is -0.0863. The minimum absolute atomic E-state index is 0.0863. The molecule has 3 heteroatoms. The molecule has 0 aromatic carbocycles. The van der Waals surface area contributed by atoms with Gasteiger partial charge in [-0.15, -0.1) is 6.58 Å². The summed E-state index contributed by atoms with van der Waals surface area (Å²) < 4.78 is 0. The second kappa shape index (κ2) is 2.73. The van der Waals surface area contributed by atoms with Crippen molar-refractivity contribution in [1.82, 2.24) is 10.6 Å². The molecule has 1 aliphatic rings. The lowest BCUT2D eigenvalue weighted by Gasteiger charge is -2.10. The van der Waals surface area contributed by atoms with Crippen molar-refractivity contribution < 1.29 is 4.79 Å². The highest BCUT2D eigenvalue weighted by molar-refractivity contribution is 5.77. The summed E-state index contributed by atoms with van der Waals surface area (Å²) in [6.45, 7) is 5.66. The van der Waals surface area contributed by atoms with Crippen LogP contribution in [0.3, 0.4) is 0 Å². The molecule has 2 N–H and O–H groups in total. The molecule has 0 spiro atoms. The summed E-state index contributed by atoms with van der Waals surface area (Å²) in [5.41, 5.74) is 0. The number of amides is 2. The van der Waals surface area contributed by atoms with E-state index >= 15 is 0 Å². The fourth-order valence-corrected chi connectivity index (χ4v) is 1.13. The number of hydrogen-bond acceptors (Lipinski definition) is 1. The quantitative estimate of drug-likeness (QED) is 0.543. The zero-order valence-electron chi connectivity index (χ0n) is 6.05. The Bertz CT molecular complexity index is 156. The van der Waals surface area contributed by atoms with Crippen molar-refractivity contribution in [3.8, 4) is 0 Å². The molecule has 0 unspecified atom stereocenters. The number of urea groups is 1. The summed E-state index contributed by atoms with van der Waals surface area (Å²) >= 11 is 0. The molecule has 2 atom stereocenters. The van der Waals surface area contributed by atoms with Gasteiger partial charge in [-0.3, -0.25) is 0 Å². The van der Waals surface area contributed by atoms with Crippen LogP contribution in [0.25, 0.3) is 0 Å². The topological polar surface area (TPSA) is 41.1 Å². The normalized spacial score (nSPS) is 31.1. The molecule has 0 bridgehead atoms. The molecular weight excluding hydrogens is 128 g/mol. The Kier molecular flexibility index (Phi) is 1.94. The molecule has 0 aliphatic carbocycles. The summed E-state index contributed by atoms with van der Waals surface area (Å²) in [6, 6.07) is 0.249. The molecule has 0 radical (unpaired) electrons. The zero-order valence-corrected chi connectivity index (χ0v) is 6.05. The van der Waals surface area contributed by atoms with Gasteiger partial charge in [-0.1, -0.05) is 13.0 Å². The molecule has 3 nitrogen and oxygen atoms in total. The van der Waals surface area contributed by atoms with E-state index in [1.165, 1.54) is 0 Å². The molecule has 1 aliphatic heterocycles. The van der Waals surface area contributed by atoms with Crippen molar-refractivity contribution in [3.05, 3.63) is 12.7 Å². The van der Waals surface area contributed by atoms with Crippen LogP contribution in [0.5, 0.6) is 0 Å². The largest absolute Gasteiger partial charge is 0.333 e. The number of hydrogen-bond donors (Lipinski definition) is 2. The van der Waals surface area contributed by atoms with Crippen molar-refractivity contribution in [2.75, 3.05) is 0 Å². The van der Waals surface area contributed by atoms with Crippen LogP contribution in [-0.2, 0) is 0 Å². The highest BCUT2D eigenvalue weighted by Crippen LogP contribution is 2.05. The van der Waals surface area contributed by atoms with Crippen LogP contribution in [0.2, 0.25) is 0 Å². The predicted molar refractivity (Wildman–Crippen MR) is 39.7 cm³/mol. The van der Waals surface area contributed by atoms with E-state index in [1.807, 2.05) is 6.92 Å². The summed E-state index contributed by atoms with van der Waals surface area (Å²) in [6.07, 6.45) is 2.70. The van der Waals surface area contributed by atoms with Crippen molar-refractivity contribution in [2.24, 2.45) is 0 Å². The lowest BCUT2D eigenvalue weighted by Crippen LogP contribution is -2.30. The first-order valence-electron chi connectivity index (χ1n) is 3.47. The van der Waals surface area contributed by atoms with Crippen molar-refractivity contribution >= 4 is 6.03 Å². The molecule has 1 saturated heterocycles. The SMILES string of the molecule is C=C[C@@H]1NC(=O)N[C@H]1CC. The van der Waals surface area contributed by atoms with Gasteiger partial charge < -0.3 is 10.6 Å². The Morgan fingerprint density at radius 2 is 2.40 bits per heavy atom. The average molecular weight is 140 g/mol. The van der Waals surface area contributed by atoms with Crippen LogP contribution in [0.4, 0.5) is 4.79 Å². The van der Waals surface area contributed by atoms with Gasteiger partial charge in [0.15, 0.2) is 0 Å². The van der Waals surface area contributed by atoms with Crippen LogP contribution < -0.4 is 10.6 Å². The smallest absolute Gasteiger partial charge is 0.315 e. The molecule has 1 rings (SSSR count). The monoisotopic (exact) mass is 140 g/mol. The predicted octanol–water partition coefficient (Wildman–Crippen LogP) is 0.632. The molecule has 1 heterocycles. The highest BCUT2D eigenvalue weighted by atomic mass is 16.2. The molecule has 1 fully saturated rings. The van der Waals surface area contributed by atoms with Gasteiger partial charge in [0.25, 0.3) is 0 Å². The minimum Gasteiger partial charge on any atom is -0.333 e.